The number of nitro benzene ring substituents is 1. The SMILES string of the molecule is COC1CCN(S(=O)(=O)c2ccc([N+](=O)[O-])cc2N)C1. The molecule has 110 valence electrons. The van der Waals surface area contributed by atoms with E-state index in [1.165, 1.54) is 17.5 Å². The Morgan fingerprint density at radius 3 is 2.70 bits per heavy atom. The number of methoxy groups -OCH3 is 1. The summed E-state index contributed by atoms with van der Waals surface area (Å²) in [7, 11) is -2.22. The highest BCUT2D eigenvalue weighted by atomic mass is 32.2. The molecule has 0 amide bonds. The first-order valence-corrected chi connectivity index (χ1v) is 7.37. The van der Waals surface area contributed by atoms with Gasteiger partial charge in [-0.3, -0.25) is 10.1 Å². The van der Waals surface area contributed by atoms with Gasteiger partial charge < -0.3 is 10.5 Å². The fourth-order valence-corrected chi connectivity index (χ4v) is 3.72. The molecule has 1 saturated heterocycles. The maximum atomic E-state index is 12.4. The molecule has 1 heterocycles. The third kappa shape index (κ3) is 2.60. The largest absolute Gasteiger partial charge is 0.397 e. The zero-order valence-electron chi connectivity index (χ0n) is 10.9. The molecule has 1 fully saturated rings. The van der Waals surface area contributed by atoms with Crippen LogP contribution in [0.15, 0.2) is 23.1 Å². The number of ether oxygens (including phenoxy) is 1. The summed E-state index contributed by atoms with van der Waals surface area (Å²) < 4.78 is 31.2. The molecule has 8 nitrogen and oxygen atoms in total. The quantitative estimate of drug-likeness (QED) is 0.494. The number of benzene rings is 1. The van der Waals surface area contributed by atoms with Gasteiger partial charge in [0.05, 0.1) is 16.7 Å². The van der Waals surface area contributed by atoms with Crippen LogP contribution in [0.1, 0.15) is 6.42 Å². The van der Waals surface area contributed by atoms with Crippen molar-refractivity contribution < 1.29 is 18.1 Å². The molecule has 2 rings (SSSR count). The van der Waals surface area contributed by atoms with Crippen LogP contribution in [-0.4, -0.2) is 43.9 Å². The lowest BCUT2D eigenvalue weighted by Gasteiger charge is -2.17. The van der Waals surface area contributed by atoms with Gasteiger partial charge in [-0.2, -0.15) is 4.31 Å². The highest BCUT2D eigenvalue weighted by Crippen LogP contribution is 2.28. The Kier molecular flexibility index (Phi) is 3.93. The number of nitrogens with zero attached hydrogens (tertiary/aromatic N) is 2. The molecular formula is C11H15N3O5S. The van der Waals surface area contributed by atoms with Crippen LogP contribution < -0.4 is 5.73 Å². The average molecular weight is 301 g/mol. The van der Waals surface area contributed by atoms with Crippen LogP contribution in [0.4, 0.5) is 11.4 Å². The van der Waals surface area contributed by atoms with Gasteiger partial charge in [-0.15, -0.1) is 0 Å². The monoisotopic (exact) mass is 301 g/mol. The zero-order valence-corrected chi connectivity index (χ0v) is 11.7. The molecule has 1 aromatic rings. The second-order valence-corrected chi connectivity index (χ2v) is 6.40. The van der Waals surface area contributed by atoms with E-state index in [0.717, 1.165) is 12.1 Å². The highest BCUT2D eigenvalue weighted by molar-refractivity contribution is 7.89. The van der Waals surface area contributed by atoms with Crippen molar-refractivity contribution in [3.05, 3.63) is 28.3 Å². The maximum absolute atomic E-state index is 12.4. The predicted molar refractivity (Wildman–Crippen MR) is 71.7 cm³/mol. The molecule has 0 aliphatic carbocycles. The van der Waals surface area contributed by atoms with Crippen molar-refractivity contribution in [2.75, 3.05) is 25.9 Å². The maximum Gasteiger partial charge on any atom is 0.271 e. The topological polar surface area (TPSA) is 116 Å². The van der Waals surface area contributed by atoms with Crippen LogP contribution in [0.5, 0.6) is 0 Å². The van der Waals surface area contributed by atoms with E-state index in [1.54, 1.807) is 0 Å². The van der Waals surface area contributed by atoms with E-state index in [4.69, 9.17) is 10.5 Å². The summed E-state index contributed by atoms with van der Waals surface area (Å²) in [6, 6.07) is 3.35. The molecule has 0 saturated carbocycles. The Bertz CT molecular complexity index is 631. The van der Waals surface area contributed by atoms with Crippen molar-refractivity contribution in [3.8, 4) is 0 Å². The van der Waals surface area contributed by atoms with E-state index >= 15 is 0 Å². The minimum atomic E-state index is -3.75. The highest BCUT2D eigenvalue weighted by Gasteiger charge is 2.34. The molecule has 20 heavy (non-hydrogen) atoms. The Morgan fingerprint density at radius 2 is 2.20 bits per heavy atom. The molecule has 0 spiro atoms. The van der Waals surface area contributed by atoms with Gasteiger partial charge in [0, 0.05) is 32.3 Å². The summed E-state index contributed by atoms with van der Waals surface area (Å²) >= 11 is 0. The number of nitrogen functional groups attached to an aromatic ring is 1. The lowest BCUT2D eigenvalue weighted by molar-refractivity contribution is -0.384. The number of hydrogen-bond acceptors (Lipinski definition) is 6. The van der Waals surface area contributed by atoms with Gasteiger partial charge in [-0.05, 0) is 12.5 Å². The lowest BCUT2D eigenvalue weighted by Crippen LogP contribution is -2.30. The third-order valence-electron chi connectivity index (χ3n) is 3.26. The van der Waals surface area contributed by atoms with E-state index < -0.39 is 14.9 Å². The minimum absolute atomic E-state index is 0.111. The average Bonchev–Trinajstić information content (AvgIpc) is 2.87. The summed E-state index contributed by atoms with van der Waals surface area (Å²) in [6.45, 7) is 0.604. The summed E-state index contributed by atoms with van der Waals surface area (Å²) in [5.74, 6) is 0. The van der Waals surface area contributed by atoms with E-state index in [9.17, 15) is 18.5 Å². The summed E-state index contributed by atoms with van der Waals surface area (Å²) in [5, 5.41) is 10.6. The number of rotatable bonds is 4. The molecule has 1 aliphatic rings. The van der Waals surface area contributed by atoms with Crippen LogP contribution in [0, 0.1) is 10.1 Å². The standard InChI is InChI=1S/C11H15N3O5S/c1-19-9-4-5-13(7-9)20(17,18)11-3-2-8(14(15)16)6-10(11)12/h2-3,6,9H,4-5,7,12H2,1H3. The van der Waals surface area contributed by atoms with E-state index in [1.807, 2.05) is 0 Å². The predicted octanol–water partition coefficient (Wildman–Crippen LogP) is 0.586. The van der Waals surface area contributed by atoms with Crippen molar-refractivity contribution in [3.63, 3.8) is 0 Å². The summed E-state index contributed by atoms with van der Waals surface area (Å²) in [5.41, 5.74) is 5.28. The van der Waals surface area contributed by atoms with E-state index in [-0.39, 0.29) is 28.9 Å². The third-order valence-corrected chi connectivity index (χ3v) is 5.20. The molecule has 9 heteroatoms. The van der Waals surface area contributed by atoms with Gasteiger partial charge in [0.2, 0.25) is 10.0 Å². The second-order valence-electron chi connectivity index (χ2n) is 4.49. The van der Waals surface area contributed by atoms with Gasteiger partial charge in [0.1, 0.15) is 4.90 Å². The van der Waals surface area contributed by atoms with Gasteiger partial charge in [-0.25, -0.2) is 8.42 Å². The molecule has 2 N–H and O–H groups in total. The number of sulfonamides is 1. The molecule has 1 atom stereocenters. The number of non-ortho nitro benzene ring substituents is 1. The van der Waals surface area contributed by atoms with Crippen LogP contribution in [0.3, 0.4) is 0 Å². The Labute approximate surface area is 116 Å². The fraction of sp³-hybridized carbons (Fsp3) is 0.455. The molecule has 1 aromatic carbocycles. The molecule has 0 bridgehead atoms. The van der Waals surface area contributed by atoms with Crippen molar-refractivity contribution in [1.82, 2.24) is 4.31 Å². The van der Waals surface area contributed by atoms with Crippen LogP contribution in [0.25, 0.3) is 0 Å². The Morgan fingerprint density at radius 1 is 1.50 bits per heavy atom. The number of nitro groups is 1. The van der Waals surface area contributed by atoms with Gasteiger partial charge in [-0.1, -0.05) is 0 Å². The van der Waals surface area contributed by atoms with Crippen molar-refractivity contribution in [2.24, 2.45) is 0 Å². The number of anilines is 1. The Hall–Kier alpha value is -1.71. The number of hydrogen-bond donors (Lipinski definition) is 1. The lowest BCUT2D eigenvalue weighted by atomic mass is 10.3. The first-order valence-electron chi connectivity index (χ1n) is 5.93. The summed E-state index contributed by atoms with van der Waals surface area (Å²) in [4.78, 5) is 9.89. The molecule has 0 radical (unpaired) electrons. The zero-order chi connectivity index (χ0) is 14.9. The van der Waals surface area contributed by atoms with Crippen molar-refractivity contribution >= 4 is 21.4 Å². The smallest absolute Gasteiger partial charge is 0.271 e. The van der Waals surface area contributed by atoms with Gasteiger partial charge in [0.15, 0.2) is 0 Å². The molecular weight excluding hydrogens is 286 g/mol. The summed E-state index contributed by atoms with van der Waals surface area (Å²) in [6.07, 6.45) is 0.479. The second kappa shape index (κ2) is 5.35. The van der Waals surface area contributed by atoms with E-state index in [2.05, 4.69) is 0 Å². The fourth-order valence-electron chi connectivity index (χ4n) is 2.13. The first kappa shape index (κ1) is 14.7. The molecule has 1 unspecified atom stereocenters. The van der Waals surface area contributed by atoms with Crippen LogP contribution >= 0.6 is 0 Å². The van der Waals surface area contributed by atoms with Crippen LogP contribution in [0.2, 0.25) is 0 Å². The Balaban J connectivity index is 2.33. The minimum Gasteiger partial charge on any atom is -0.397 e. The van der Waals surface area contributed by atoms with E-state index in [0.29, 0.717) is 13.0 Å². The van der Waals surface area contributed by atoms with Crippen molar-refractivity contribution in [1.29, 1.82) is 0 Å². The molecule has 1 aliphatic heterocycles. The number of nitrogens with two attached hydrogens (primary N) is 1. The van der Waals surface area contributed by atoms with Gasteiger partial charge in [0.25, 0.3) is 5.69 Å². The van der Waals surface area contributed by atoms with Crippen molar-refractivity contribution in [2.45, 2.75) is 17.4 Å². The molecule has 0 aromatic heterocycles. The normalized spacial score (nSPS) is 20.1. The van der Waals surface area contributed by atoms with Crippen LogP contribution in [-0.2, 0) is 14.8 Å². The first-order chi connectivity index (χ1) is 9.36. The van der Waals surface area contributed by atoms with Gasteiger partial charge >= 0.3 is 0 Å².